The van der Waals surface area contributed by atoms with Crippen LogP contribution in [0.25, 0.3) is 39.4 Å². The van der Waals surface area contributed by atoms with Gasteiger partial charge in [0, 0.05) is 27.9 Å². The van der Waals surface area contributed by atoms with E-state index in [0.29, 0.717) is 37.5 Å². The van der Waals surface area contributed by atoms with Crippen molar-refractivity contribution in [2.45, 2.75) is 0 Å². The van der Waals surface area contributed by atoms with E-state index in [-0.39, 0.29) is 5.56 Å². The van der Waals surface area contributed by atoms with Gasteiger partial charge in [0.15, 0.2) is 17.3 Å². The second kappa shape index (κ2) is 9.77. The first-order valence-electron chi connectivity index (χ1n) is 11.6. The van der Waals surface area contributed by atoms with Crippen molar-refractivity contribution in [2.75, 3.05) is 14.2 Å². The number of benzene rings is 3. The lowest BCUT2D eigenvalue weighted by Gasteiger charge is -2.09. The molecule has 3 aromatic carbocycles. The van der Waals surface area contributed by atoms with Gasteiger partial charge in [0.05, 0.1) is 24.4 Å². The van der Waals surface area contributed by atoms with E-state index < -0.39 is 0 Å². The van der Waals surface area contributed by atoms with Gasteiger partial charge in [-0.05, 0) is 60.7 Å². The first kappa shape index (κ1) is 23.9. The van der Waals surface area contributed by atoms with Gasteiger partial charge >= 0.3 is 0 Å². The monoisotopic (exact) mass is 541 g/mol. The highest BCUT2D eigenvalue weighted by atomic mass is 35.5. The fourth-order valence-corrected chi connectivity index (χ4v) is 5.13. The molecule has 0 aliphatic rings. The Morgan fingerprint density at radius 3 is 2.34 bits per heavy atom. The van der Waals surface area contributed by atoms with Gasteiger partial charge in [-0.1, -0.05) is 41.1 Å². The van der Waals surface area contributed by atoms with Crippen molar-refractivity contribution in [2.24, 2.45) is 0 Å². The van der Waals surface area contributed by atoms with Crippen molar-refractivity contribution in [3.8, 4) is 39.8 Å². The third kappa shape index (κ3) is 4.31. The molecule has 0 amide bonds. The number of rotatable bonds is 6. The summed E-state index contributed by atoms with van der Waals surface area (Å²) >= 11 is 7.27. The summed E-state index contributed by atoms with van der Waals surface area (Å²) < 4.78 is 14.5. The summed E-state index contributed by atoms with van der Waals surface area (Å²) in [7, 11) is 3.18. The molecule has 10 heteroatoms. The highest BCUT2D eigenvalue weighted by molar-refractivity contribution is 7.15. The van der Waals surface area contributed by atoms with Crippen LogP contribution in [0.15, 0.2) is 83.8 Å². The van der Waals surface area contributed by atoms with E-state index in [9.17, 15) is 4.79 Å². The first-order chi connectivity index (χ1) is 18.5. The number of thiazole rings is 1. The van der Waals surface area contributed by atoms with Crippen molar-refractivity contribution in [1.29, 1.82) is 0 Å². The Morgan fingerprint density at radius 1 is 0.895 bits per heavy atom. The molecule has 0 spiro atoms. The third-order valence-corrected chi connectivity index (χ3v) is 7.20. The quantitative estimate of drug-likeness (QED) is 0.298. The number of halogens is 1. The van der Waals surface area contributed by atoms with E-state index in [1.165, 1.54) is 15.9 Å². The van der Waals surface area contributed by atoms with Crippen molar-refractivity contribution in [1.82, 2.24) is 24.4 Å². The largest absolute Gasteiger partial charge is 0.493 e. The molecule has 0 aliphatic carbocycles. The van der Waals surface area contributed by atoms with E-state index in [1.807, 2.05) is 72.9 Å². The second-order valence-electron chi connectivity index (χ2n) is 8.34. The Bertz CT molecular complexity index is 1880. The highest BCUT2D eigenvalue weighted by Crippen LogP contribution is 2.33. The Hall–Kier alpha value is -4.47. The van der Waals surface area contributed by atoms with Crippen molar-refractivity contribution in [3.05, 3.63) is 104 Å². The Balaban J connectivity index is 1.49. The molecule has 3 aromatic heterocycles. The minimum absolute atomic E-state index is 0.247. The number of methoxy groups -OCH3 is 2. The predicted molar refractivity (Wildman–Crippen MR) is 148 cm³/mol. The molecule has 3 heterocycles. The molecule has 0 fully saturated rings. The maximum Gasteiger partial charge on any atom is 0.291 e. The number of hydrogen-bond acceptors (Lipinski definition) is 7. The van der Waals surface area contributed by atoms with Crippen LogP contribution in [-0.4, -0.2) is 38.6 Å². The summed E-state index contributed by atoms with van der Waals surface area (Å²) in [6, 6.07) is 22.6. The van der Waals surface area contributed by atoms with Crippen LogP contribution in [0.5, 0.6) is 11.5 Å². The number of hydrogen-bond donors (Lipinski definition) is 0. The molecule has 6 rings (SSSR count). The maximum atomic E-state index is 13.3. The van der Waals surface area contributed by atoms with Gasteiger partial charge in [0.1, 0.15) is 5.69 Å². The molecule has 0 atom stereocenters. The summed E-state index contributed by atoms with van der Waals surface area (Å²) in [6.07, 6.45) is 3.72. The second-order valence-corrected chi connectivity index (χ2v) is 9.78. The lowest BCUT2D eigenvalue weighted by atomic mass is 10.1. The van der Waals surface area contributed by atoms with Gasteiger partial charge in [-0.25, -0.2) is 4.68 Å². The predicted octanol–water partition coefficient (Wildman–Crippen LogP) is 4.89. The molecule has 0 N–H and O–H groups in total. The molecule has 0 aliphatic heterocycles. The van der Waals surface area contributed by atoms with Crippen LogP contribution < -0.4 is 19.6 Å². The molecule has 0 unspecified atom stereocenters. The SMILES string of the molecule is COc1ccc(-c2nn(-c3ccccc3)cc2C=c2sc3nc(-c4ccc(Cl)cc4)nn3c2=O)cc1OC. The van der Waals surface area contributed by atoms with E-state index in [4.69, 9.17) is 26.2 Å². The zero-order valence-corrected chi connectivity index (χ0v) is 21.9. The molecule has 0 radical (unpaired) electrons. The smallest absolute Gasteiger partial charge is 0.291 e. The van der Waals surface area contributed by atoms with E-state index in [2.05, 4.69) is 10.1 Å². The summed E-state index contributed by atoms with van der Waals surface area (Å²) in [6.45, 7) is 0. The Labute approximate surface area is 226 Å². The minimum atomic E-state index is -0.247. The van der Waals surface area contributed by atoms with Gasteiger partial charge in [-0.3, -0.25) is 4.79 Å². The van der Waals surface area contributed by atoms with Crippen LogP contribution >= 0.6 is 22.9 Å². The lowest BCUT2D eigenvalue weighted by Crippen LogP contribution is -2.23. The minimum Gasteiger partial charge on any atom is -0.493 e. The standard InChI is InChI=1S/C28H20ClN5O3S/c1-36-22-13-10-18(14-23(22)37-2)25-19(16-33(31-25)21-6-4-3-5-7-21)15-24-27(35)34-28(38-24)30-26(32-34)17-8-11-20(29)12-9-17/h3-16H,1-2H3. The normalized spacial score (nSPS) is 11.8. The van der Waals surface area contributed by atoms with Crippen molar-refractivity contribution in [3.63, 3.8) is 0 Å². The number of nitrogens with zero attached hydrogens (tertiary/aromatic N) is 5. The van der Waals surface area contributed by atoms with Crippen LogP contribution in [0.1, 0.15) is 5.56 Å². The van der Waals surface area contributed by atoms with Gasteiger partial charge in [-0.2, -0.15) is 14.6 Å². The topological polar surface area (TPSA) is 83.5 Å². The Morgan fingerprint density at radius 2 is 1.63 bits per heavy atom. The molecular weight excluding hydrogens is 522 g/mol. The summed E-state index contributed by atoms with van der Waals surface area (Å²) in [5, 5.41) is 9.91. The number of fused-ring (bicyclic) bond motifs is 1. The molecule has 0 saturated heterocycles. The van der Waals surface area contributed by atoms with E-state index in [0.717, 1.165) is 22.4 Å². The van der Waals surface area contributed by atoms with E-state index in [1.54, 1.807) is 31.0 Å². The van der Waals surface area contributed by atoms with E-state index >= 15 is 0 Å². The fourth-order valence-electron chi connectivity index (χ4n) is 4.11. The number of ether oxygens (including phenoxy) is 2. The summed E-state index contributed by atoms with van der Waals surface area (Å²) in [5.74, 6) is 1.68. The van der Waals surface area contributed by atoms with Gasteiger partial charge in [0.2, 0.25) is 4.96 Å². The number of aromatic nitrogens is 5. The van der Waals surface area contributed by atoms with Crippen LogP contribution in [0, 0.1) is 0 Å². The fraction of sp³-hybridized carbons (Fsp3) is 0.0714. The van der Waals surface area contributed by atoms with Crippen LogP contribution in [-0.2, 0) is 0 Å². The molecular formula is C28H20ClN5O3S. The maximum absolute atomic E-state index is 13.3. The van der Waals surface area contributed by atoms with Crippen LogP contribution in [0.3, 0.4) is 0 Å². The molecule has 0 saturated carbocycles. The lowest BCUT2D eigenvalue weighted by molar-refractivity contribution is 0.355. The van der Waals surface area contributed by atoms with Crippen LogP contribution in [0.4, 0.5) is 0 Å². The highest BCUT2D eigenvalue weighted by Gasteiger charge is 2.16. The molecule has 6 aromatic rings. The average Bonchev–Trinajstić information content (AvgIpc) is 3.64. The van der Waals surface area contributed by atoms with Gasteiger partial charge in [0.25, 0.3) is 5.56 Å². The summed E-state index contributed by atoms with van der Waals surface area (Å²) in [4.78, 5) is 18.4. The summed E-state index contributed by atoms with van der Waals surface area (Å²) in [5.41, 5.74) is 3.71. The third-order valence-electron chi connectivity index (χ3n) is 5.99. The zero-order valence-electron chi connectivity index (χ0n) is 20.3. The van der Waals surface area contributed by atoms with Crippen molar-refractivity contribution < 1.29 is 9.47 Å². The van der Waals surface area contributed by atoms with Crippen molar-refractivity contribution >= 4 is 34.0 Å². The molecule has 8 nitrogen and oxygen atoms in total. The first-order valence-corrected chi connectivity index (χ1v) is 12.8. The average molecular weight is 542 g/mol. The molecule has 0 bridgehead atoms. The van der Waals surface area contributed by atoms with Crippen LogP contribution in [0.2, 0.25) is 5.02 Å². The Kier molecular flexibility index (Phi) is 6.15. The van der Waals surface area contributed by atoms with Gasteiger partial charge in [-0.15, -0.1) is 5.10 Å². The van der Waals surface area contributed by atoms with Gasteiger partial charge < -0.3 is 9.47 Å². The molecule has 188 valence electrons. The zero-order chi connectivity index (χ0) is 26.2. The molecule has 38 heavy (non-hydrogen) atoms. The number of para-hydroxylation sites is 1.